The second-order valence-electron chi connectivity index (χ2n) is 8.25. The van der Waals surface area contributed by atoms with Crippen LogP contribution in [0.2, 0.25) is 0 Å². The molecule has 0 saturated carbocycles. The minimum absolute atomic E-state index is 0.109. The molecule has 2 heterocycles. The summed E-state index contributed by atoms with van der Waals surface area (Å²) >= 11 is 0. The molecule has 7 nitrogen and oxygen atoms in total. The van der Waals surface area contributed by atoms with Crippen molar-refractivity contribution in [1.29, 1.82) is 0 Å². The summed E-state index contributed by atoms with van der Waals surface area (Å²) in [6.07, 6.45) is 2.35. The van der Waals surface area contributed by atoms with Gasteiger partial charge in [0.2, 0.25) is 11.8 Å². The van der Waals surface area contributed by atoms with E-state index in [4.69, 9.17) is 0 Å². The minimum atomic E-state index is -0.770. The first kappa shape index (κ1) is 20.7. The van der Waals surface area contributed by atoms with E-state index in [1.807, 2.05) is 30.5 Å². The number of fused-ring (bicyclic) bond motifs is 2. The molecule has 1 unspecified atom stereocenters. The van der Waals surface area contributed by atoms with Crippen LogP contribution in [0.4, 0.5) is 11.4 Å². The van der Waals surface area contributed by atoms with Gasteiger partial charge in [0.1, 0.15) is 6.04 Å². The van der Waals surface area contributed by atoms with Crippen LogP contribution < -0.4 is 16.0 Å². The monoisotopic (exact) mass is 418 g/mol. The first-order valence-electron chi connectivity index (χ1n) is 10.5. The second-order valence-corrected chi connectivity index (χ2v) is 8.25. The predicted molar refractivity (Wildman–Crippen MR) is 121 cm³/mol. The zero-order chi connectivity index (χ0) is 22.0. The van der Waals surface area contributed by atoms with E-state index in [0.717, 1.165) is 23.1 Å². The molecule has 0 bridgehead atoms. The van der Waals surface area contributed by atoms with Gasteiger partial charge in [-0.2, -0.15) is 0 Å². The fourth-order valence-electron chi connectivity index (χ4n) is 3.89. The Morgan fingerprint density at radius 3 is 2.71 bits per heavy atom. The Balaban J connectivity index is 1.41. The smallest absolute Gasteiger partial charge is 0.254 e. The van der Waals surface area contributed by atoms with Crippen LogP contribution >= 0.6 is 0 Å². The Hall–Kier alpha value is -3.61. The van der Waals surface area contributed by atoms with Gasteiger partial charge in [-0.15, -0.1) is 0 Å². The zero-order valence-electron chi connectivity index (χ0n) is 17.6. The van der Waals surface area contributed by atoms with E-state index >= 15 is 0 Å². The van der Waals surface area contributed by atoms with Crippen molar-refractivity contribution < 1.29 is 14.4 Å². The first-order valence-corrected chi connectivity index (χ1v) is 10.5. The Morgan fingerprint density at radius 2 is 1.90 bits per heavy atom. The summed E-state index contributed by atoms with van der Waals surface area (Å²) in [5.41, 5.74) is 2.71. The molecule has 0 aliphatic carbocycles. The van der Waals surface area contributed by atoms with E-state index in [1.165, 1.54) is 0 Å². The SMILES string of the molecule is CC(C)Cn1ccc2c(NC(=O)CCC3NC(=O)c4ccccc4NC3=O)cccc21. The van der Waals surface area contributed by atoms with Gasteiger partial charge in [-0.05, 0) is 42.7 Å². The van der Waals surface area contributed by atoms with E-state index in [-0.39, 0.29) is 30.6 Å². The van der Waals surface area contributed by atoms with Gasteiger partial charge in [-0.3, -0.25) is 14.4 Å². The van der Waals surface area contributed by atoms with E-state index in [2.05, 4.69) is 34.4 Å². The van der Waals surface area contributed by atoms with Gasteiger partial charge in [0, 0.05) is 24.5 Å². The number of benzene rings is 2. The Labute approximate surface area is 180 Å². The van der Waals surface area contributed by atoms with Crippen LogP contribution in [-0.4, -0.2) is 28.3 Å². The van der Waals surface area contributed by atoms with E-state index in [0.29, 0.717) is 17.2 Å². The van der Waals surface area contributed by atoms with Crippen LogP contribution in [0.3, 0.4) is 0 Å². The Kier molecular flexibility index (Phi) is 5.75. The van der Waals surface area contributed by atoms with Gasteiger partial charge in [-0.1, -0.05) is 32.0 Å². The second kappa shape index (κ2) is 8.63. The highest BCUT2D eigenvalue weighted by atomic mass is 16.2. The van der Waals surface area contributed by atoms with Crippen molar-refractivity contribution >= 4 is 40.0 Å². The lowest BCUT2D eigenvalue weighted by atomic mass is 10.1. The highest BCUT2D eigenvalue weighted by Crippen LogP contribution is 2.26. The summed E-state index contributed by atoms with van der Waals surface area (Å²) in [4.78, 5) is 37.5. The van der Waals surface area contributed by atoms with Crippen molar-refractivity contribution in [3.63, 3.8) is 0 Å². The molecule has 0 fully saturated rings. The standard InChI is InChI=1S/C24H26N4O3/c1-15(2)14-28-13-12-16-18(8-5-9-21(16)28)25-22(29)11-10-20-24(31)26-19-7-4-3-6-17(19)23(30)27-20/h3-9,12-13,15,20H,10-11,14H2,1-2H3,(H,25,29)(H,26,31)(H,27,30). The quantitative estimate of drug-likeness (QED) is 0.569. The molecule has 7 heteroatoms. The van der Waals surface area contributed by atoms with Gasteiger partial charge in [0.25, 0.3) is 5.91 Å². The van der Waals surface area contributed by atoms with Gasteiger partial charge in [0.15, 0.2) is 0 Å². The molecule has 160 valence electrons. The fourth-order valence-corrected chi connectivity index (χ4v) is 3.89. The summed E-state index contributed by atoms with van der Waals surface area (Å²) in [6.45, 7) is 5.23. The van der Waals surface area contributed by atoms with Gasteiger partial charge < -0.3 is 20.5 Å². The highest BCUT2D eigenvalue weighted by Gasteiger charge is 2.27. The van der Waals surface area contributed by atoms with Crippen molar-refractivity contribution in [2.75, 3.05) is 10.6 Å². The van der Waals surface area contributed by atoms with Crippen molar-refractivity contribution in [2.45, 2.75) is 39.3 Å². The molecule has 3 amide bonds. The molecule has 31 heavy (non-hydrogen) atoms. The molecule has 2 aromatic carbocycles. The predicted octanol–water partition coefficient (Wildman–Crippen LogP) is 3.77. The summed E-state index contributed by atoms with van der Waals surface area (Å²) in [6, 6.07) is 13.9. The lowest BCUT2D eigenvalue weighted by Crippen LogP contribution is -2.41. The van der Waals surface area contributed by atoms with E-state index in [9.17, 15) is 14.4 Å². The molecule has 0 spiro atoms. The van der Waals surface area contributed by atoms with E-state index < -0.39 is 6.04 Å². The lowest BCUT2D eigenvalue weighted by molar-refractivity contribution is -0.118. The van der Waals surface area contributed by atoms with Crippen LogP contribution in [0.5, 0.6) is 0 Å². The van der Waals surface area contributed by atoms with Crippen molar-refractivity contribution in [1.82, 2.24) is 9.88 Å². The summed E-state index contributed by atoms with van der Waals surface area (Å²) in [5, 5.41) is 9.42. The number of para-hydroxylation sites is 1. The molecule has 0 radical (unpaired) electrons. The van der Waals surface area contributed by atoms with Gasteiger partial charge in [-0.25, -0.2) is 0 Å². The normalized spacial score (nSPS) is 15.9. The van der Waals surface area contributed by atoms with Crippen LogP contribution in [0.25, 0.3) is 10.9 Å². The van der Waals surface area contributed by atoms with Crippen LogP contribution in [0.1, 0.15) is 37.0 Å². The van der Waals surface area contributed by atoms with Gasteiger partial charge in [0.05, 0.1) is 22.5 Å². The summed E-state index contributed by atoms with van der Waals surface area (Å²) in [7, 11) is 0. The van der Waals surface area contributed by atoms with Gasteiger partial charge >= 0.3 is 0 Å². The van der Waals surface area contributed by atoms with Crippen LogP contribution in [0.15, 0.2) is 54.7 Å². The maximum atomic E-state index is 12.6. The average molecular weight is 418 g/mol. The maximum Gasteiger partial charge on any atom is 0.254 e. The Bertz CT molecular complexity index is 1150. The van der Waals surface area contributed by atoms with Crippen LogP contribution in [-0.2, 0) is 16.1 Å². The molecule has 3 N–H and O–H groups in total. The van der Waals surface area contributed by atoms with Crippen molar-refractivity contribution in [2.24, 2.45) is 5.92 Å². The molecule has 1 aliphatic rings. The number of hydrogen-bond donors (Lipinski definition) is 3. The fraction of sp³-hybridized carbons (Fsp3) is 0.292. The number of anilines is 2. The molecule has 1 aliphatic heterocycles. The molecular weight excluding hydrogens is 392 g/mol. The number of aromatic nitrogens is 1. The molecular formula is C24H26N4O3. The topological polar surface area (TPSA) is 92.2 Å². The third kappa shape index (κ3) is 4.45. The van der Waals surface area contributed by atoms with Crippen molar-refractivity contribution in [3.05, 3.63) is 60.3 Å². The summed E-state index contributed by atoms with van der Waals surface area (Å²) < 4.78 is 2.18. The number of carbonyl (C=O) groups excluding carboxylic acids is 3. The number of amides is 3. The molecule has 4 rings (SSSR count). The minimum Gasteiger partial charge on any atom is -0.347 e. The largest absolute Gasteiger partial charge is 0.347 e. The molecule has 1 aromatic heterocycles. The Morgan fingerprint density at radius 1 is 1.10 bits per heavy atom. The molecule has 1 atom stereocenters. The van der Waals surface area contributed by atoms with Crippen molar-refractivity contribution in [3.8, 4) is 0 Å². The number of nitrogens with one attached hydrogen (secondary N) is 3. The third-order valence-electron chi connectivity index (χ3n) is 5.36. The molecule has 3 aromatic rings. The number of hydrogen-bond acceptors (Lipinski definition) is 3. The highest BCUT2D eigenvalue weighted by molar-refractivity contribution is 6.10. The average Bonchev–Trinajstić information content (AvgIpc) is 3.09. The number of carbonyl (C=O) groups is 3. The van der Waals surface area contributed by atoms with Crippen LogP contribution in [0, 0.1) is 5.92 Å². The zero-order valence-corrected chi connectivity index (χ0v) is 17.6. The maximum absolute atomic E-state index is 12.6. The summed E-state index contributed by atoms with van der Waals surface area (Å²) in [5.74, 6) is -0.330. The number of nitrogens with zero attached hydrogens (tertiary/aromatic N) is 1. The third-order valence-corrected chi connectivity index (χ3v) is 5.36. The van der Waals surface area contributed by atoms with E-state index in [1.54, 1.807) is 24.3 Å². The first-order chi connectivity index (χ1) is 14.9. The lowest BCUT2D eigenvalue weighted by Gasteiger charge is -2.14. The molecule has 0 saturated heterocycles. The number of rotatable bonds is 6.